The summed E-state index contributed by atoms with van der Waals surface area (Å²) in [6.45, 7) is 2.06. The van der Waals surface area contributed by atoms with Crippen LogP contribution in [-0.2, 0) is 6.42 Å². The summed E-state index contributed by atoms with van der Waals surface area (Å²) in [4.78, 5) is 15.0. The fraction of sp³-hybridized carbons (Fsp3) is 0.118. The van der Waals surface area contributed by atoms with E-state index in [4.69, 9.17) is 0 Å². The number of aromatic nitrogens is 1. The molecule has 0 amide bonds. The number of hydrogen-bond acceptors (Lipinski definition) is 1. The number of pyridine rings is 1. The van der Waals surface area contributed by atoms with Crippen LogP contribution in [0.1, 0.15) is 16.7 Å². The zero-order valence-electron chi connectivity index (χ0n) is 10.8. The quantitative estimate of drug-likeness (QED) is 0.741. The lowest BCUT2D eigenvalue weighted by Crippen LogP contribution is -2.12. The summed E-state index contributed by atoms with van der Waals surface area (Å²) >= 11 is 0. The van der Waals surface area contributed by atoms with E-state index in [0.29, 0.717) is 6.42 Å². The molecule has 0 aliphatic heterocycles. The minimum atomic E-state index is 0.000191. The second-order valence-corrected chi connectivity index (χ2v) is 4.88. The molecule has 0 bridgehead atoms. The minimum Gasteiger partial charge on any atom is -0.322 e. The second-order valence-electron chi connectivity index (χ2n) is 4.88. The van der Waals surface area contributed by atoms with Crippen molar-refractivity contribution in [3.63, 3.8) is 0 Å². The molecule has 0 spiro atoms. The van der Waals surface area contributed by atoms with Crippen LogP contribution in [0.5, 0.6) is 0 Å². The highest BCUT2D eigenvalue weighted by Gasteiger charge is 2.04. The first-order chi connectivity index (χ1) is 9.22. The van der Waals surface area contributed by atoms with Crippen LogP contribution in [0.25, 0.3) is 10.9 Å². The number of rotatable bonds is 2. The predicted octanol–water partition coefficient (Wildman–Crippen LogP) is 3.43. The van der Waals surface area contributed by atoms with Gasteiger partial charge in [0.1, 0.15) is 0 Å². The van der Waals surface area contributed by atoms with Gasteiger partial charge in [0.05, 0.1) is 0 Å². The molecule has 19 heavy (non-hydrogen) atoms. The summed E-state index contributed by atoms with van der Waals surface area (Å²) in [5.74, 6) is 0. The van der Waals surface area contributed by atoms with Gasteiger partial charge in [-0.15, -0.1) is 0 Å². The fourth-order valence-electron chi connectivity index (χ4n) is 2.32. The van der Waals surface area contributed by atoms with Crippen molar-refractivity contribution in [1.29, 1.82) is 0 Å². The Morgan fingerprint density at radius 2 is 1.79 bits per heavy atom. The molecule has 3 rings (SSSR count). The highest BCUT2D eigenvalue weighted by molar-refractivity contribution is 5.79. The van der Waals surface area contributed by atoms with Gasteiger partial charge in [0, 0.05) is 17.5 Å². The van der Waals surface area contributed by atoms with E-state index in [1.165, 1.54) is 5.56 Å². The average Bonchev–Trinajstić information content (AvgIpc) is 2.41. The molecule has 2 heteroatoms. The SMILES string of the molecule is Cc1ccc2[nH]c(=O)c(Cc3ccccc3)cc2c1. The van der Waals surface area contributed by atoms with Crippen LogP contribution in [0.3, 0.4) is 0 Å². The van der Waals surface area contributed by atoms with E-state index < -0.39 is 0 Å². The summed E-state index contributed by atoms with van der Waals surface area (Å²) in [7, 11) is 0. The monoisotopic (exact) mass is 249 g/mol. The summed E-state index contributed by atoms with van der Waals surface area (Å²) in [6, 6.07) is 18.1. The van der Waals surface area contributed by atoms with Gasteiger partial charge in [-0.1, -0.05) is 42.0 Å². The third kappa shape index (κ3) is 2.43. The van der Waals surface area contributed by atoms with Gasteiger partial charge in [-0.2, -0.15) is 0 Å². The van der Waals surface area contributed by atoms with Crippen molar-refractivity contribution < 1.29 is 0 Å². The molecule has 0 radical (unpaired) electrons. The summed E-state index contributed by atoms with van der Waals surface area (Å²) in [5.41, 5.74) is 4.06. The Morgan fingerprint density at radius 1 is 1.00 bits per heavy atom. The van der Waals surface area contributed by atoms with Gasteiger partial charge in [-0.25, -0.2) is 0 Å². The Kier molecular flexibility index (Phi) is 2.92. The van der Waals surface area contributed by atoms with Gasteiger partial charge in [0.2, 0.25) is 0 Å². The van der Waals surface area contributed by atoms with Gasteiger partial charge in [-0.3, -0.25) is 4.79 Å². The average molecular weight is 249 g/mol. The van der Waals surface area contributed by atoms with Crippen molar-refractivity contribution >= 4 is 10.9 Å². The van der Waals surface area contributed by atoms with Crippen LogP contribution in [0, 0.1) is 6.92 Å². The van der Waals surface area contributed by atoms with Crippen LogP contribution in [0.2, 0.25) is 0 Å². The number of nitrogens with one attached hydrogen (secondary N) is 1. The van der Waals surface area contributed by atoms with Gasteiger partial charge in [0.25, 0.3) is 5.56 Å². The van der Waals surface area contributed by atoms with E-state index in [1.54, 1.807) is 0 Å². The maximum atomic E-state index is 12.1. The fourth-order valence-corrected chi connectivity index (χ4v) is 2.32. The van der Waals surface area contributed by atoms with E-state index in [-0.39, 0.29) is 5.56 Å². The standard InChI is InChI=1S/C17H15NO/c1-12-7-8-16-14(9-12)11-15(17(19)18-16)10-13-5-3-2-4-6-13/h2-9,11H,10H2,1H3,(H,18,19). The van der Waals surface area contributed by atoms with Crippen molar-refractivity contribution in [3.8, 4) is 0 Å². The van der Waals surface area contributed by atoms with Crippen LogP contribution in [0.4, 0.5) is 0 Å². The molecule has 1 heterocycles. The molecule has 3 aromatic rings. The Labute approximate surface area is 111 Å². The van der Waals surface area contributed by atoms with Crippen LogP contribution < -0.4 is 5.56 Å². The Hall–Kier alpha value is -2.35. The molecule has 2 nitrogen and oxygen atoms in total. The third-order valence-corrected chi connectivity index (χ3v) is 3.31. The largest absolute Gasteiger partial charge is 0.322 e. The third-order valence-electron chi connectivity index (χ3n) is 3.31. The van der Waals surface area contributed by atoms with Crippen molar-refractivity contribution in [1.82, 2.24) is 4.98 Å². The van der Waals surface area contributed by atoms with E-state index >= 15 is 0 Å². The molecule has 0 atom stereocenters. The van der Waals surface area contributed by atoms with E-state index in [9.17, 15) is 4.79 Å². The molecule has 94 valence electrons. The lowest BCUT2D eigenvalue weighted by molar-refractivity contribution is 1.12. The minimum absolute atomic E-state index is 0.000191. The highest BCUT2D eigenvalue weighted by atomic mass is 16.1. The lowest BCUT2D eigenvalue weighted by Gasteiger charge is -2.04. The van der Waals surface area contributed by atoms with Crippen LogP contribution in [-0.4, -0.2) is 4.98 Å². The molecule has 0 fully saturated rings. The number of aryl methyl sites for hydroxylation is 1. The lowest BCUT2D eigenvalue weighted by atomic mass is 10.0. The first-order valence-corrected chi connectivity index (χ1v) is 6.39. The molecule has 0 saturated carbocycles. The van der Waals surface area contributed by atoms with Gasteiger partial charge in [0.15, 0.2) is 0 Å². The van der Waals surface area contributed by atoms with Crippen LogP contribution in [0.15, 0.2) is 59.4 Å². The summed E-state index contributed by atoms with van der Waals surface area (Å²) in [6.07, 6.45) is 0.667. The van der Waals surface area contributed by atoms with E-state index in [2.05, 4.69) is 18.0 Å². The van der Waals surface area contributed by atoms with Gasteiger partial charge in [-0.05, 0) is 36.1 Å². The number of aromatic amines is 1. The smallest absolute Gasteiger partial charge is 0.251 e. The van der Waals surface area contributed by atoms with Crippen molar-refractivity contribution in [2.45, 2.75) is 13.3 Å². The Balaban J connectivity index is 2.08. The van der Waals surface area contributed by atoms with Crippen molar-refractivity contribution in [3.05, 3.63) is 81.6 Å². The molecule has 0 aliphatic carbocycles. The zero-order chi connectivity index (χ0) is 13.2. The predicted molar refractivity (Wildman–Crippen MR) is 78.6 cm³/mol. The molecule has 0 saturated heterocycles. The topological polar surface area (TPSA) is 32.9 Å². The molecule has 0 aliphatic rings. The first kappa shape index (κ1) is 11.7. The summed E-state index contributed by atoms with van der Waals surface area (Å²) < 4.78 is 0. The number of H-pyrrole nitrogens is 1. The molecule has 2 aromatic carbocycles. The summed E-state index contributed by atoms with van der Waals surface area (Å²) in [5, 5.41) is 1.09. The zero-order valence-corrected chi connectivity index (χ0v) is 10.8. The maximum Gasteiger partial charge on any atom is 0.251 e. The van der Waals surface area contributed by atoms with Crippen molar-refractivity contribution in [2.24, 2.45) is 0 Å². The Bertz CT molecular complexity index is 772. The number of fused-ring (bicyclic) bond motifs is 1. The van der Waals surface area contributed by atoms with E-state index in [0.717, 1.165) is 22.0 Å². The molecular formula is C17H15NO. The van der Waals surface area contributed by atoms with Gasteiger partial charge < -0.3 is 4.98 Å². The number of benzene rings is 2. The molecule has 0 unspecified atom stereocenters. The first-order valence-electron chi connectivity index (χ1n) is 6.39. The second kappa shape index (κ2) is 4.73. The molecule has 1 aromatic heterocycles. The normalized spacial score (nSPS) is 10.8. The number of hydrogen-bond donors (Lipinski definition) is 1. The maximum absolute atomic E-state index is 12.1. The van der Waals surface area contributed by atoms with Crippen LogP contribution >= 0.6 is 0 Å². The Morgan fingerprint density at radius 3 is 2.58 bits per heavy atom. The highest BCUT2D eigenvalue weighted by Crippen LogP contribution is 2.15. The molecule has 1 N–H and O–H groups in total. The van der Waals surface area contributed by atoms with Gasteiger partial charge >= 0.3 is 0 Å². The van der Waals surface area contributed by atoms with E-state index in [1.807, 2.05) is 48.5 Å². The molecular weight excluding hydrogens is 234 g/mol. The van der Waals surface area contributed by atoms with Crippen molar-refractivity contribution in [2.75, 3.05) is 0 Å².